The van der Waals surface area contributed by atoms with Crippen molar-refractivity contribution in [1.82, 2.24) is 39.8 Å². The van der Waals surface area contributed by atoms with Crippen LogP contribution in [-0.4, -0.2) is 110 Å². The number of hydrogen-bond acceptors (Lipinski definition) is 16. The van der Waals surface area contributed by atoms with E-state index in [2.05, 4.69) is 35.4 Å². The van der Waals surface area contributed by atoms with Crippen LogP contribution in [0.1, 0.15) is 12.7 Å². The van der Waals surface area contributed by atoms with Crippen LogP contribution in [0, 0.1) is 5.41 Å². The largest absolute Gasteiger partial charge is 0.477 e. The number of carboxylic acids is 1. The topological polar surface area (TPSA) is 254 Å². The molecule has 214 valence electrons. The minimum Gasteiger partial charge on any atom is -0.477 e. The van der Waals surface area contributed by atoms with Crippen molar-refractivity contribution in [2.24, 2.45) is 10.9 Å². The fourth-order valence-corrected chi connectivity index (χ4v) is 7.06. The molecule has 0 saturated carbocycles. The number of carbonyl (C=O) groups is 3. The molecule has 2 amide bonds. The van der Waals surface area contributed by atoms with E-state index in [4.69, 9.17) is 21.7 Å². The highest BCUT2D eigenvalue weighted by Crippen LogP contribution is 2.41. The number of rotatable bonds is 14. The lowest BCUT2D eigenvalue weighted by Gasteiger charge is -2.49. The fourth-order valence-electron chi connectivity index (χ4n) is 3.57. The Bertz CT molecular complexity index is 1360. The molecule has 2 aromatic rings. The maximum Gasteiger partial charge on any atom is 0.352 e. The molecule has 1 fully saturated rings. The number of thioether (sulfide) groups is 3. The Hall–Kier alpha value is -3.43. The van der Waals surface area contributed by atoms with Crippen LogP contribution in [0.5, 0.6) is 0 Å². The Morgan fingerprint density at radius 2 is 2.20 bits per heavy atom. The first-order valence-corrected chi connectivity index (χ1v) is 15.5. The quantitative estimate of drug-likeness (QED) is 0.0422. The number of fused-ring (bicyclic) bond motifs is 1. The van der Waals surface area contributed by atoms with Crippen molar-refractivity contribution < 1.29 is 24.3 Å². The Labute approximate surface area is 243 Å². The molecular formula is C19H24N12O5S4. The van der Waals surface area contributed by atoms with Crippen LogP contribution in [-0.2, 0) is 25.8 Å². The van der Waals surface area contributed by atoms with Gasteiger partial charge >= 0.3 is 5.97 Å². The third-order valence-electron chi connectivity index (χ3n) is 5.27. The van der Waals surface area contributed by atoms with Gasteiger partial charge in [-0.05, 0) is 22.9 Å². The zero-order chi connectivity index (χ0) is 28.8. The number of tetrazole rings is 1. The van der Waals surface area contributed by atoms with Crippen LogP contribution in [0.15, 0.2) is 21.6 Å². The molecule has 2 aromatic heterocycles. The second-order valence-corrected chi connectivity index (χ2v) is 11.9. The van der Waals surface area contributed by atoms with Crippen LogP contribution in [0.3, 0.4) is 0 Å². The molecule has 40 heavy (non-hydrogen) atoms. The molecule has 0 aliphatic carbocycles. The number of carbonyl (C=O) groups excluding carboxylic acids is 2. The van der Waals surface area contributed by atoms with E-state index < -0.39 is 29.2 Å². The van der Waals surface area contributed by atoms with Gasteiger partial charge in [0.05, 0.1) is 12.3 Å². The van der Waals surface area contributed by atoms with E-state index in [0.29, 0.717) is 34.5 Å². The van der Waals surface area contributed by atoms with E-state index >= 15 is 0 Å². The van der Waals surface area contributed by atoms with Crippen molar-refractivity contribution in [2.45, 2.75) is 30.0 Å². The van der Waals surface area contributed by atoms with Crippen LogP contribution >= 0.6 is 46.8 Å². The van der Waals surface area contributed by atoms with Crippen LogP contribution < -0.4 is 16.8 Å². The molecule has 21 heteroatoms. The summed E-state index contributed by atoms with van der Waals surface area (Å²) in [6.45, 7) is 2.35. The lowest BCUT2D eigenvalue weighted by molar-refractivity contribution is -0.150. The minimum atomic E-state index is -1.25. The number of amides is 2. The zero-order valence-electron chi connectivity index (χ0n) is 20.8. The normalized spacial score (nSPS) is 18.8. The summed E-state index contributed by atoms with van der Waals surface area (Å²) in [4.78, 5) is 48.4. The summed E-state index contributed by atoms with van der Waals surface area (Å²) in [6, 6.07) is -0.983. The number of aliphatic carboxylic acids is 1. The number of aryl methyl sites for hydroxylation is 1. The summed E-state index contributed by atoms with van der Waals surface area (Å²) in [5, 5.41) is 35.2. The molecule has 0 unspecified atom stereocenters. The van der Waals surface area contributed by atoms with E-state index in [-0.39, 0.29) is 40.6 Å². The van der Waals surface area contributed by atoms with Gasteiger partial charge in [0.15, 0.2) is 5.13 Å². The minimum absolute atomic E-state index is 0.0430. The van der Waals surface area contributed by atoms with Crippen LogP contribution in [0.25, 0.3) is 0 Å². The number of anilines is 1. The second kappa shape index (κ2) is 13.3. The Morgan fingerprint density at radius 3 is 2.88 bits per heavy atom. The molecule has 17 nitrogen and oxygen atoms in total. The van der Waals surface area contributed by atoms with Crippen LogP contribution in [0.2, 0.25) is 0 Å². The van der Waals surface area contributed by atoms with E-state index in [9.17, 15) is 19.5 Å². The molecule has 0 spiro atoms. The smallest absolute Gasteiger partial charge is 0.352 e. The monoisotopic (exact) mass is 628 g/mol. The number of carboxylic acid groups (broad SMARTS) is 1. The third-order valence-corrected chi connectivity index (χ3v) is 9.18. The van der Waals surface area contributed by atoms with Gasteiger partial charge in [0.1, 0.15) is 29.6 Å². The molecule has 0 radical (unpaired) electrons. The lowest BCUT2D eigenvalue weighted by atomic mass is 10.0. The number of nitrogens with two attached hydrogens (primary N) is 2. The number of oxime groups is 1. The number of nitrogens with one attached hydrogen (secondary N) is 2. The van der Waals surface area contributed by atoms with Gasteiger partial charge in [-0.15, -0.1) is 16.9 Å². The average Bonchev–Trinajstić information content (AvgIpc) is 3.56. The van der Waals surface area contributed by atoms with Crippen molar-refractivity contribution in [2.75, 3.05) is 35.4 Å². The highest BCUT2D eigenvalue weighted by Gasteiger charge is 2.54. The molecule has 2 atom stereocenters. The number of amidine groups is 1. The van der Waals surface area contributed by atoms with Gasteiger partial charge in [-0.25, -0.2) is 9.48 Å². The number of aromatic nitrogens is 6. The van der Waals surface area contributed by atoms with Gasteiger partial charge in [-0.1, -0.05) is 16.9 Å². The van der Waals surface area contributed by atoms with Gasteiger partial charge in [0, 0.05) is 28.8 Å². The van der Waals surface area contributed by atoms with E-state index in [0.717, 1.165) is 11.5 Å². The van der Waals surface area contributed by atoms with Gasteiger partial charge in [-0.3, -0.25) is 19.9 Å². The summed E-state index contributed by atoms with van der Waals surface area (Å²) < 4.78 is 5.57. The van der Waals surface area contributed by atoms with Crippen molar-refractivity contribution in [3.63, 3.8) is 0 Å². The molecular weight excluding hydrogens is 605 g/mol. The summed E-state index contributed by atoms with van der Waals surface area (Å²) in [5.74, 6) is -0.934. The molecule has 2 aliphatic heterocycles. The maximum absolute atomic E-state index is 13.1. The predicted octanol–water partition coefficient (Wildman–Crippen LogP) is -0.953. The SMILES string of the molecule is CCO/N=C(\C(=O)N[C@@H]1C(=O)N2C(C(=O)O)=C(CSc3nnnn3CCSCC(=N)N)CS[C@H]12)c1nsc(N)n1. The molecule has 7 N–H and O–H groups in total. The highest BCUT2D eigenvalue weighted by atomic mass is 32.2. The average molecular weight is 629 g/mol. The summed E-state index contributed by atoms with van der Waals surface area (Å²) >= 11 is 4.93. The molecule has 0 aromatic carbocycles. The Morgan fingerprint density at radius 1 is 1.40 bits per heavy atom. The van der Waals surface area contributed by atoms with Gasteiger partial charge < -0.3 is 26.7 Å². The molecule has 4 heterocycles. The zero-order valence-corrected chi connectivity index (χ0v) is 24.1. The highest BCUT2D eigenvalue weighted by molar-refractivity contribution is 8.01. The standard InChI is InChI=1S/C19H24N12O5S4/c1-2-36-26-10(13-24-18(22)40-27-13)14(32)23-11-15(33)31-12(17(34)35)8(5-38-16(11)31)6-39-19-25-28-29-30(19)3-4-37-7-9(20)21/h11,16H,2-7H2,1H3,(H3,20,21)(H,23,32)(H,34,35)(H2,22,24,27)/b26-10-/t11-,16-/m1/s1. The first-order chi connectivity index (χ1) is 19.2. The number of hydrogen-bond donors (Lipinski definition) is 5. The second-order valence-electron chi connectivity index (χ2n) is 7.98. The van der Waals surface area contributed by atoms with Gasteiger partial charge in [0.25, 0.3) is 11.8 Å². The Balaban J connectivity index is 1.42. The van der Waals surface area contributed by atoms with Crippen molar-refractivity contribution >= 4 is 81.3 Å². The lowest BCUT2D eigenvalue weighted by Crippen LogP contribution is -2.71. The fraction of sp³-hybridized carbons (Fsp3) is 0.474. The summed E-state index contributed by atoms with van der Waals surface area (Å²) in [6.07, 6.45) is 0. The predicted molar refractivity (Wildman–Crippen MR) is 150 cm³/mol. The molecule has 1 saturated heterocycles. The first-order valence-electron chi connectivity index (χ1n) is 11.5. The van der Waals surface area contributed by atoms with Crippen molar-refractivity contribution in [3.05, 3.63) is 17.1 Å². The summed E-state index contributed by atoms with van der Waals surface area (Å²) in [5.41, 5.74) is 11.1. The van der Waals surface area contributed by atoms with E-state index in [1.807, 2.05) is 0 Å². The third kappa shape index (κ3) is 6.64. The number of nitrogen functional groups attached to an aromatic ring is 1. The maximum atomic E-state index is 13.1. The molecule has 0 bridgehead atoms. The molecule has 2 aliphatic rings. The van der Waals surface area contributed by atoms with E-state index in [1.165, 1.54) is 40.2 Å². The summed E-state index contributed by atoms with van der Waals surface area (Å²) in [7, 11) is 0. The Kier molecular flexibility index (Phi) is 9.81. The van der Waals surface area contributed by atoms with Crippen molar-refractivity contribution in [3.8, 4) is 0 Å². The van der Waals surface area contributed by atoms with E-state index in [1.54, 1.807) is 11.6 Å². The molecule has 4 rings (SSSR count). The number of β-lactam (4-membered cyclic amide) rings is 1. The number of nitrogens with zero attached hydrogens (tertiary/aromatic N) is 8. The van der Waals surface area contributed by atoms with Crippen LogP contribution in [0.4, 0.5) is 5.13 Å². The van der Waals surface area contributed by atoms with Crippen molar-refractivity contribution in [1.29, 1.82) is 5.41 Å². The van der Waals surface area contributed by atoms with Gasteiger partial charge in [0.2, 0.25) is 16.7 Å². The first kappa shape index (κ1) is 29.6. The van der Waals surface area contributed by atoms with Gasteiger partial charge in [-0.2, -0.15) is 21.1 Å².